The number of unbranched alkanes of at least 4 members (excludes halogenated alkanes) is 3. The lowest BCUT2D eigenvalue weighted by Gasteiger charge is -2.26. The number of rotatable bonds is 10. The lowest BCUT2D eigenvalue weighted by Crippen LogP contribution is -2.39. The number of aromatic nitrogens is 2. The predicted octanol–water partition coefficient (Wildman–Crippen LogP) is 5.07. The molecule has 0 spiro atoms. The summed E-state index contributed by atoms with van der Waals surface area (Å²) in [6.45, 7) is 12.3. The first-order valence-corrected chi connectivity index (χ1v) is 12.2. The summed E-state index contributed by atoms with van der Waals surface area (Å²) in [6, 6.07) is 9.14. The van der Waals surface area contributed by atoms with Crippen LogP contribution >= 0.6 is 0 Å². The van der Waals surface area contributed by atoms with E-state index in [2.05, 4.69) is 49.9 Å². The van der Waals surface area contributed by atoms with Crippen molar-refractivity contribution in [2.45, 2.75) is 72.3 Å². The van der Waals surface area contributed by atoms with Gasteiger partial charge in [-0.05, 0) is 50.9 Å². The Bertz CT molecular complexity index is 868. The highest BCUT2D eigenvalue weighted by Gasteiger charge is 2.32. The van der Waals surface area contributed by atoms with Gasteiger partial charge in [0.15, 0.2) is 0 Å². The molecule has 2 heterocycles. The molecule has 31 heavy (non-hydrogen) atoms. The van der Waals surface area contributed by atoms with Crippen LogP contribution in [0.5, 0.6) is 0 Å². The largest absolute Gasteiger partial charge is 0.336 e. The monoisotopic (exact) mass is 424 g/mol. The molecular weight excluding hydrogens is 384 g/mol. The van der Waals surface area contributed by atoms with Gasteiger partial charge in [-0.15, -0.1) is 0 Å². The van der Waals surface area contributed by atoms with Crippen LogP contribution in [-0.4, -0.2) is 57.5 Å². The van der Waals surface area contributed by atoms with Crippen LogP contribution in [0.25, 0.3) is 11.4 Å². The number of carbonyl (C=O) groups is 1. The number of aryl methyl sites for hydroxylation is 2. The van der Waals surface area contributed by atoms with E-state index in [1.54, 1.807) is 0 Å². The minimum absolute atomic E-state index is 0.115. The molecule has 1 unspecified atom stereocenters. The Morgan fingerprint density at radius 2 is 1.94 bits per heavy atom. The van der Waals surface area contributed by atoms with E-state index in [0.717, 1.165) is 61.8 Å². The van der Waals surface area contributed by atoms with Crippen molar-refractivity contribution in [2.75, 3.05) is 26.2 Å². The zero-order valence-electron chi connectivity index (χ0n) is 20.2. The molecule has 0 radical (unpaired) electrons. The fourth-order valence-electron chi connectivity index (χ4n) is 4.93. The first-order valence-electron chi connectivity index (χ1n) is 12.2. The van der Waals surface area contributed by atoms with Crippen molar-refractivity contribution in [1.82, 2.24) is 19.4 Å². The molecule has 1 aromatic carbocycles. The molecule has 0 saturated carbocycles. The topological polar surface area (TPSA) is 41.4 Å². The van der Waals surface area contributed by atoms with Gasteiger partial charge in [0, 0.05) is 31.7 Å². The SMILES string of the molecule is CCCCCCc1cccc(-c2nc(C)c(C(=O)N3CCC(N(CC)CC)C3)n2C)c1. The predicted molar refractivity (Wildman–Crippen MR) is 128 cm³/mol. The molecule has 1 aromatic heterocycles. The summed E-state index contributed by atoms with van der Waals surface area (Å²) >= 11 is 0. The Kier molecular flexibility index (Phi) is 8.30. The van der Waals surface area contributed by atoms with Crippen molar-refractivity contribution in [2.24, 2.45) is 7.05 Å². The molecule has 0 N–H and O–H groups in total. The summed E-state index contributed by atoms with van der Waals surface area (Å²) in [5.41, 5.74) is 3.99. The number of benzene rings is 1. The zero-order chi connectivity index (χ0) is 22.4. The maximum atomic E-state index is 13.4. The second-order valence-electron chi connectivity index (χ2n) is 8.85. The van der Waals surface area contributed by atoms with E-state index in [-0.39, 0.29) is 5.91 Å². The highest BCUT2D eigenvalue weighted by Crippen LogP contribution is 2.25. The van der Waals surface area contributed by atoms with E-state index in [1.165, 1.54) is 31.2 Å². The Hall–Kier alpha value is -2.14. The van der Waals surface area contributed by atoms with Crippen molar-refractivity contribution in [3.05, 3.63) is 41.2 Å². The first kappa shape index (κ1) is 23.5. The molecule has 0 aliphatic carbocycles. The summed E-state index contributed by atoms with van der Waals surface area (Å²) in [7, 11) is 1.98. The molecule has 1 aliphatic heterocycles. The van der Waals surface area contributed by atoms with Gasteiger partial charge in [-0.2, -0.15) is 0 Å². The zero-order valence-corrected chi connectivity index (χ0v) is 20.2. The van der Waals surface area contributed by atoms with Gasteiger partial charge in [0.25, 0.3) is 5.91 Å². The number of likely N-dealkylation sites (tertiary alicyclic amines) is 1. The van der Waals surface area contributed by atoms with E-state index in [0.29, 0.717) is 6.04 Å². The smallest absolute Gasteiger partial charge is 0.272 e. The Morgan fingerprint density at radius 1 is 1.16 bits per heavy atom. The molecule has 1 amide bonds. The normalized spacial score (nSPS) is 16.5. The van der Waals surface area contributed by atoms with Gasteiger partial charge in [-0.1, -0.05) is 58.2 Å². The molecule has 2 aromatic rings. The standard InChI is InChI=1S/C26H40N4O/c1-6-9-10-11-13-21-14-12-15-22(18-21)25-27-20(4)24(28(25)5)26(31)30-17-16-23(19-30)29(7-2)8-3/h12,14-15,18,23H,6-11,13,16-17,19H2,1-5H3. The van der Waals surface area contributed by atoms with Gasteiger partial charge in [-0.25, -0.2) is 4.98 Å². The Morgan fingerprint density at radius 3 is 2.65 bits per heavy atom. The fraction of sp³-hybridized carbons (Fsp3) is 0.615. The number of amides is 1. The van der Waals surface area contributed by atoms with E-state index in [1.807, 2.05) is 23.4 Å². The van der Waals surface area contributed by atoms with Crippen LogP contribution in [0.2, 0.25) is 0 Å². The molecule has 5 nitrogen and oxygen atoms in total. The van der Waals surface area contributed by atoms with Gasteiger partial charge in [-0.3, -0.25) is 9.69 Å². The van der Waals surface area contributed by atoms with Gasteiger partial charge >= 0.3 is 0 Å². The fourth-order valence-corrected chi connectivity index (χ4v) is 4.93. The molecule has 5 heteroatoms. The molecule has 1 saturated heterocycles. The van der Waals surface area contributed by atoms with Crippen LogP contribution in [-0.2, 0) is 13.5 Å². The van der Waals surface area contributed by atoms with E-state index >= 15 is 0 Å². The molecular formula is C26H40N4O. The second kappa shape index (κ2) is 10.9. The Labute approximate surface area is 188 Å². The second-order valence-corrected chi connectivity index (χ2v) is 8.85. The third-order valence-corrected chi connectivity index (χ3v) is 6.76. The van der Waals surface area contributed by atoms with Crippen LogP contribution in [0.3, 0.4) is 0 Å². The lowest BCUT2D eigenvalue weighted by molar-refractivity contribution is 0.0768. The molecule has 170 valence electrons. The average molecular weight is 425 g/mol. The average Bonchev–Trinajstić information content (AvgIpc) is 3.37. The van der Waals surface area contributed by atoms with Crippen LogP contribution in [0.1, 0.15) is 74.6 Å². The Balaban J connectivity index is 1.76. The number of carbonyl (C=O) groups excluding carboxylic acids is 1. The van der Waals surface area contributed by atoms with E-state index in [9.17, 15) is 4.79 Å². The van der Waals surface area contributed by atoms with Crippen LogP contribution in [0.15, 0.2) is 24.3 Å². The van der Waals surface area contributed by atoms with Crippen LogP contribution < -0.4 is 0 Å². The molecule has 0 bridgehead atoms. The molecule has 1 aliphatic rings. The number of hydrogen-bond donors (Lipinski definition) is 0. The summed E-state index contributed by atoms with van der Waals surface area (Å²) in [5.74, 6) is 1.000. The van der Waals surface area contributed by atoms with E-state index < -0.39 is 0 Å². The summed E-state index contributed by atoms with van der Waals surface area (Å²) < 4.78 is 2.00. The van der Waals surface area contributed by atoms with Crippen LogP contribution in [0.4, 0.5) is 0 Å². The summed E-state index contributed by atoms with van der Waals surface area (Å²) in [6.07, 6.45) is 7.22. The van der Waals surface area contributed by atoms with Crippen molar-refractivity contribution in [3.63, 3.8) is 0 Å². The van der Waals surface area contributed by atoms with Crippen molar-refractivity contribution < 1.29 is 4.79 Å². The highest BCUT2D eigenvalue weighted by molar-refractivity contribution is 5.94. The lowest BCUT2D eigenvalue weighted by atomic mass is 10.0. The minimum atomic E-state index is 0.115. The third-order valence-electron chi connectivity index (χ3n) is 6.76. The number of nitrogens with zero attached hydrogens (tertiary/aromatic N) is 4. The summed E-state index contributed by atoms with van der Waals surface area (Å²) in [5, 5.41) is 0. The van der Waals surface area contributed by atoms with Crippen molar-refractivity contribution in [1.29, 1.82) is 0 Å². The number of likely N-dealkylation sites (N-methyl/N-ethyl adjacent to an activating group) is 1. The van der Waals surface area contributed by atoms with Gasteiger partial charge in [0.05, 0.1) is 5.69 Å². The maximum absolute atomic E-state index is 13.4. The van der Waals surface area contributed by atoms with Crippen molar-refractivity contribution >= 4 is 5.91 Å². The summed E-state index contributed by atoms with van der Waals surface area (Å²) in [4.78, 5) is 22.7. The third kappa shape index (κ3) is 5.38. The molecule has 1 fully saturated rings. The maximum Gasteiger partial charge on any atom is 0.272 e. The highest BCUT2D eigenvalue weighted by atomic mass is 16.2. The number of imidazole rings is 1. The van der Waals surface area contributed by atoms with Gasteiger partial charge in [0.2, 0.25) is 0 Å². The minimum Gasteiger partial charge on any atom is -0.336 e. The molecule has 1 atom stereocenters. The van der Waals surface area contributed by atoms with Gasteiger partial charge in [0.1, 0.15) is 11.5 Å². The quantitative estimate of drug-likeness (QED) is 0.500. The first-order chi connectivity index (χ1) is 15.0. The van der Waals surface area contributed by atoms with E-state index in [4.69, 9.17) is 4.98 Å². The van der Waals surface area contributed by atoms with Crippen molar-refractivity contribution in [3.8, 4) is 11.4 Å². The van der Waals surface area contributed by atoms with Crippen LogP contribution in [0, 0.1) is 6.92 Å². The molecule has 3 rings (SSSR count). The van der Waals surface area contributed by atoms with Gasteiger partial charge < -0.3 is 9.47 Å². The number of hydrogen-bond acceptors (Lipinski definition) is 3.